The topological polar surface area (TPSA) is 87.1 Å². The summed E-state index contributed by atoms with van der Waals surface area (Å²) in [4.78, 5) is 26.8. The third kappa shape index (κ3) is 5.27. The minimum absolute atomic E-state index is 0.0458. The zero-order chi connectivity index (χ0) is 24.1. The minimum atomic E-state index is -1.91. The number of carboxylic acids is 1. The van der Waals surface area contributed by atoms with E-state index in [2.05, 4.69) is 31.2 Å². The van der Waals surface area contributed by atoms with E-state index in [9.17, 15) is 19.8 Å². The van der Waals surface area contributed by atoms with Gasteiger partial charge in [-0.3, -0.25) is 4.79 Å². The van der Waals surface area contributed by atoms with E-state index in [0.29, 0.717) is 43.2 Å². The predicted octanol–water partition coefficient (Wildman–Crippen LogP) is 4.65. The van der Waals surface area contributed by atoms with Gasteiger partial charge in [0.15, 0.2) is 5.60 Å². The highest BCUT2D eigenvalue weighted by Crippen LogP contribution is 2.35. The lowest BCUT2D eigenvalue weighted by atomic mass is 9.86. The molecule has 182 valence electrons. The smallest absolute Gasteiger partial charge is 0.339 e. The number of likely N-dealkylation sites (tertiary alicyclic amines) is 1. The number of rotatable bonds is 8. The quantitative estimate of drug-likeness (QED) is 0.592. The number of ether oxygens (including phenoxy) is 1. The lowest BCUT2D eigenvalue weighted by molar-refractivity contribution is -0.169. The van der Waals surface area contributed by atoms with Crippen LogP contribution in [0.3, 0.4) is 0 Å². The molecule has 34 heavy (non-hydrogen) atoms. The normalized spacial score (nSPS) is 19.1. The van der Waals surface area contributed by atoms with Crippen LogP contribution in [-0.2, 0) is 11.2 Å². The van der Waals surface area contributed by atoms with Crippen LogP contribution in [-0.4, -0.2) is 52.3 Å². The van der Waals surface area contributed by atoms with Crippen molar-refractivity contribution in [1.82, 2.24) is 4.90 Å². The van der Waals surface area contributed by atoms with Crippen LogP contribution in [0.2, 0.25) is 0 Å². The number of nitrogens with zero attached hydrogens (tertiary/aromatic N) is 1. The average molecular weight is 466 g/mol. The Morgan fingerprint density at radius 1 is 1.03 bits per heavy atom. The second-order valence-corrected chi connectivity index (χ2v) is 9.69. The molecule has 0 bridgehead atoms. The Labute approximate surface area is 201 Å². The molecule has 0 aromatic heterocycles. The van der Waals surface area contributed by atoms with Crippen LogP contribution in [0.5, 0.6) is 5.75 Å². The van der Waals surface area contributed by atoms with Crippen molar-refractivity contribution < 1.29 is 24.5 Å². The molecule has 1 heterocycles. The van der Waals surface area contributed by atoms with E-state index in [1.165, 1.54) is 11.1 Å². The number of carbonyl (C=O) groups excluding carboxylic acids is 1. The van der Waals surface area contributed by atoms with Crippen molar-refractivity contribution in [2.45, 2.75) is 63.4 Å². The fourth-order valence-corrected chi connectivity index (χ4v) is 5.34. The van der Waals surface area contributed by atoms with Gasteiger partial charge in [-0.1, -0.05) is 50.1 Å². The summed E-state index contributed by atoms with van der Waals surface area (Å²) in [6.07, 6.45) is 6.10. The summed E-state index contributed by atoms with van der Waals surface area (Å²) < 4.78 is 5.72. The molecule has 1 atom stereocenters. The molecule has 4 rings (SSSR count). The summed E-state index contributed by atoms with van der Waals surface area (Å²) in [5.41, 5.74) is 1.31. The molecule has 2 aliphatic rings. The van der Waals surface area contributed by atoms with Gasteiger partial charge < -0.3 is 19.8 Å². The fraction of sp³-hybridized carbons (Fsp3) is 0.500. The van der Waals surface area contributed by atoms with Gasteiger partial charge in [-0.2, -0.15) is 0 Å². The van der Waals surface area contributed by atoms with Crippen molar-refractivity contribution in [3.63, 3.8) is 0 Å². The fourth-order valence-electron chi connectivity index (χ4n) is 5.34. The Hall–Kier alpha value is -2.86. The number of carbonyl (C=O) groups is 2. The Balaban J connectivity index is 1.37. The first-order valence-corrected chi connectivity index (χ1v) is 12.5. The summed E-state index contributed by atoms with van der Waals surface area (Å²) in [5.74, 6) is -0.743. The number of amides is 1. The number of benzene rings is 2. The van der Waals surface area contributed by atoms with Crippen molar-refractivity contribution in [3.8, 4) is 5.75 Å². The zero-order valence-corrected chi connectivity index (χ0v) is 19.9. The summed E-state index contributed by atoms with van der Waals surface area (Å²) in [6, 6.07) is 15.6. The number of piperidine rings is 1. The maximum Gasteiger partial charge on any atom is 0.339 e. The average Bonchev–Trinajstić information content (AvgIpc) is 3.43. The van der Waals surface area contributed by atoms with E-state index in [4.69, 9.17) is 4.74 Å². The van der Waals surface area contributed by atoms with Gasteiger partial charge in [0, 0.05) is 24.6 Å². The van der Waals surface area contributed by atoms with Gasteiger partial charge in [-0.25, -0.2) is 4.79 Å². The van der Waals surface area contributed by atoms with E-state index >= 15 is 0 Å². The van der Waals surface area contributed by atoms with Crippen LogP contribution in [0.4, 0.5) is 0 Å². The van der Waals surface area contributed by atoms with Crippen LogP contribution >= 0.6 is 0 Å². The Bertz CT molecular complexity index is 1010. The molecule has 2 fully saturated rings. The number of aliphatic carboxylic acids is 1. The summed E-state index contributed by atoms with van der Waals surface area (Å²) in [6.45, 7) is 3.23. The van der Waals surface area contributed by atoms with E-state index in [1.807, 2.05) is 4.90 Å². The number of hydrogen-bond donors (Lipinski definition) is 2. The lowest BCUT2D eigenvalue weighted by Gasteiger charge is -2.32. The molecule has 6 heteroatoms. The highest BCUT2D eigenvalue weighted by Gasteiger charge is 2.46. The number of hydrogen-bond acceptors (Lipinski definition) is 4. The Morgan fingerprint density at radius 3 is 2.41 bits per heavy atom. The van der Waals surface area contributed by atoms with Gasteiger partial charge in [-0.05, 0) is 67.3 Å². The standard InChI is InChI=1S/C28H35NO5/c1-2-20-7-5-8-22(17-20)21-13-15-29(16-14-21)26(30)23-9-6-12-25(18-23)34-19-28(33,27(31)32)24-10-3-4-11-24/h5-9,12,17-18,21,24,33H,2-4,10-11,13-16,19H2,1H3,(H,31,32). The number of carboxylic acid groups (broad SMARTS) is 1. The van der Waals surface area contributed by atoms with Gasteiger partial charge in [0.25, 0.3) is 5.91 Å². The van der Waals surface area contributed by atoms with E-state index in [0.717, 1.165) is 32.1 Å². The Kier molecular flexibility index (Phi) is 7.57. The predicted molar refractivity (Wildman–Crippen MR) is 130 cm³/mol. The van der Waals surface area contributed by atoms with Gasteiger partial charge in [-0.15, -0.1) is 0 Å². The first kappa shape index (κ1) is 24.3. The molecule has 1 amide bonds. The van der Waals surface area contributed by atoms with E-state index in [1.54, 1.807) is 24.3 Å². The number of aliphatic hydroxyl groups is 1. The second-order valence-electron chi connectivity index (χ2n) is 9.69. The third-order valence-electron chi connectivity index (χ3n) is 7.55. The van der Waals surface area contributed by atoms with Gasteiger partial charge in [0.2, 0.25) is 0 Å². The molecule has 2 aromatic rings. The molecule has 2 N–H and O–H groups in total. The van der Waals surface area contributed by atoms with Crippen LogP contribution in [0.1, 0.15) is 72.9 Å². The molecule has 1 unspecified atom stereocenters. The second kappa shape index (κ2) is 10.6. The van der Waals surface area contributed by atoms with Crippen molar-refractivity contribution in [2.75, 3.05) is 19.7 Å². The lowest BCUT2D eigenvalue weighted by Crippen LogP contribution is -2.50. The monoisotopic (exact) mass is 465 g/mol. The SMILES string of the molecule is CCc1cccc(C2CCN(C(=O)c3cccc(OCC(O)(C(=O)O)C4CCCC4)c3)CC2)c1. The van der Waals surface area contributed by atoms with Crippen LogP contribution in [0.25, 0.3) is 0 Å². The molecule has 1 aliphatic carbocycles. The first-order chi connectivity index (χ1) is 16.4. The number of aryl methyl sites for hydroxylation is 1. The van der Waals surface area contributed by atoms with E-state index < -0.39 is 11.6 Å². The molecule has 1 saturated carbocycles. The Morgan fingerprint density at radius 2 is 1.74 bits per heavy atom. The van der Waals surface area contributed by atoms with E-state index in [-0.39, 0.29) is 18.4 Å². The third-order valence-corrected chi connectivity index (χ3v) is 7.55. The molecular formula is C28H35NO5. The molecule has 6 nitrogen and oxygen atoms in total. The molecule has 0 radical (unpaired) electrons. The van der Waals surface area contributed by atoms with Gasteiger partial charge in [0.05, 0.1) is 0 Å². The maximum atomic E-state index is 13.1. The highest BCUT2D eigenvalue weighted by molar-refractivity contribution is 5.94. The van der Waals surface area contributed by atoms with Gasteiger partial charge in [0.1, 0.15) is 12.4 Å². The van der Waals surface area contributed by atoms with Crippen LogP contribution in [0, 0.1) is 5.92 Å². The molecule has 2 aromatic carbocycles. The highest BCUT2D eigenvalue weighted by atomic mass is 16.5. The van der Waals surface area contributed by atoms with Crippen molar-refractivity contribution >= 4 is 11.9 Å². The molecule has 1 saturated heterocycles. The van der Waals surface area contributed by atoms with Crippen LogP contribution < -0.4 is 4.74 Å². The van der Waals surface area contributed by atoms with Crippen molar-refractivity contribution in [2.24, 2.45) is 5.92 Å². The molecular weight excluding hydrogens is 430 g/mol. The zero-order valence-electron chi connectivity index (χ0n) is 19.9. The van der Waals surface area contributed by atoms with Crippen molar-refractivity contribution in [3.05, 3.63) is 65.2 Å². The summed E-state index contributed by atoms with van der Waals surface area (Å²) in [5, 5.41) is 20.4. The molecule has 0 spiro atoms. The largest absolute Gasteiger partial charge is 0.490 e. The summed E-state index contributed by atoms with van der Waals surface area (Å²) in [7, 11) is 0. The first-order valence-electron chi connectivity index (χ1n) is 12.5. The van der Waals surface area contributed by atoms with Gasteiger partial charge >= 0.3 is 5.97 Å². The maximum absolute atomic E-state index is 13.1. The summed E-state index contributed by atoms with van der Waals surface area (Å²) >= 11 is 0. The van der Waals surface area contributed by atoms with Crippen molar-refractivity contribution in [1.29, 1.82) is 0 Å². The minimum Gasteiger partial charge on any atom is -0.490 e. The van der Waals surface area contributed by atoms with Crippen LogP contribution in [0.15, 0.2) is 48.5 Å². The molecule has 1 aliphatic heterocycles.